The number of aliphatic hydroxyl groups excluding tert-OH is 1. The molecule has 0 unspecified atom stereocenters. The molecule has 164 valence electrons. The third kappa shape index (κ3) is 5.99. The quantitative estimate of drug-likeness (QED) is 0.733. The first-order valence-electron chi connectivity index (χ1n) is 10.5. The average molecular weight is 426 g/mol. The summed E-state index contributed by atoms with van der Waals surface area (Å²) < 4.78 is 32.9. The number of aliphatic hydroxyl groups is 1. The predicted molar refractivity (Wildman–Crippen MR) is 114 cm³/mol. The number of hydrogen-bond donors (Lipinski definition) is 1. The Hall–Kier alpha value is -1.03. The number of β-amino-alcohol motifs (C(OH)–C–C–N with tert-alkyl or cyclic N) is 1. The van der Waals surface area contributed by atoms with Crippen molar-refractivity contribution in [2.75, 3.05) is 65.6 Å². The Morgan fingerprint density at radius 3 is 1.97 bits per heavy atom. The highest BCUT2D eigenvalue weighted by molar-refractivity contribution is 7.89. The summed E-state index contributed by atoms with van der Waals surface area (Å²) in [4.78, 5) is 4.72. The van der Waals surface area contributed by atoms with Crippen molar-refractivity contribution in [3.05, 3.63) is 29.8 Å². The van der Waals surface area contributed by atoms with E-state index >= 15 is 0 Å². The summed E-state index contributed by atoms with van der Waals surface area (Å²) in [6.45, 7) is 12.9. The molecule has 1 N–H and O–H groups in total. The van der Waals surface area contributed by atoms with Gasteiger partial charge in [-0.05, 0) is 23.1 Å². The first-order valence-corrected chi connectivity index (χ1v) is 11.9. The van der Waals surface area contributed by atoms with Crippen LogP contribution in [-0.4, -0.2) is 99.3 Å². The van der Waals surface area contributed by atoms with E-state index in [1.54, 1.807) is 16.4 Å². The van der Waals surface area contributed by atoms with Crippen LogP contribution in [0.25, 0.3) is 0 Å². The lowest BCUT2D eigenvalue weighted by atomic mass is 9.87. The summed E-state index contributed by atoms with van der Waals surface area (Å²) in [5.41, 5.74) is 1.12. The van der Waals surface area contributed by atoms with Crippen LogP contribution in [0.1, 0.15) is 26.3 Å². The molecule has 1 atom stereocenters. The molecule has 0 aromatic heterocycles. The standard InChI is InChI=1S/C21H35N3O4S/c1-21(2,3)18-4-6-20(7-5-18)29(26,27)24-10-8-22(9-11-24)16-19(25)17-23-12-14-28-15-13-23/h4-7,19,25H,8-17H2,1-3H3/t19-/m0/s1. The summed E-state index contributed by atoms with van der Waals surface area (Å²) >= 11 is 0. The molecule has 0 bridgehead atoms. The third-order valence-corrected chi connectivity index (χ3v) is 7.64. The summed E-state index contributed by atoms with van der Waals surface area (Å²) in [7, 11) is -3.48. The molecular weight excluding hydrogens is 390 g/mol. The smallest absolute Gasteiger partial charge is 0.243 e. The van der Waals surface area contributed by atoms with Gasteiger partial charge in [0.2, 0.25) is 10.0 Å². The lowest BCUT2D eigenvalue weighted by Gasteiger charge is -2.36. The van der Waals surface area contributed by atoms with E-state index in [0.717, 1.165) is 31.9 Å². The maximum absolute atomic E-state index is 13.0. The molecule has 2 saturated heterocycles. The van der Waals surface area contributed by atoms with Gasteiger partial charge in [-0.25, -0.2) is 8.42 Å². The van der Waals surface area contributed by atoms with Crippen molar-refractivity contribution < 1.29 is 18.3 Å². The van der Waals surface area contributed by atoms with Gasteiger partial charge in [0.25, 0.3) is 0 Å². The first kappa shape index (κ1) is 22.7. The van der Waals surface area contributed by atoms with E-state index in [1.807, 2.05) is 12.1 Å². The second kappa shape index (κ2) is 9.41. The lowest BCUT2D eigenvalue weighted by molar-refractivity contribution is 0.00469. The predicted octanol–water partition coefficient (Wildman–Crippen LogP) is 0.984. The van der Waals surface area contributed by atoms with Crippen LogP contribution in [0.2, 0.25) is 0 Å². The van der Waals surface area contributed by atoms with Gasteiger partial charge < -0.3 is 9.84 Å². The molecule has 0 amide bonds. The van der Waals surface area contributed by atoms with Gasteiger partial charge in [0.05, 0.1) is 24.2 Å². The van der Waals surface area contributed by atoms with E-state index in [0.29, 0.717) is 44.2 Å². The van der Waals surface area contributed by atoms with Gasteiger partial charge in [0, 0.05) is 52.4 Å². The summed E-state index contributed by atoms with van der Waals surface area (Å²) in [6, 6.07) is 7.25. The zero-order valence-corrected chi connectivity index (χ0v) is 18.7. The van der Waals surface area contributed by atoms with Crippen molar-refractivity contribution in [1.82, 2.24) is 14.1 Å². The third-order valence-electron chi connectivity index (χ3n) is 5.73. The Bertz CT molecular complexity index is 747. The van der Waals surface area contributed by atoms with Gasteiger partial charge >= 0.3 is 0 Å². The number of benzene rings is 1. The van der Waals surface area contributed by atoms with Gasteiger partial charge in [-0.1, -0.05) is 32.9 Å². The van der Waals surface area contributed by atoms with Crippen LogP contribution in [0.15, 0.2) is 29.2 Å². The summed E-state index contributed by atoms with van der Waals surface area (Å²) in [5.74, 6) is 0. The Morgan fingerprint density at radius 2 is 1.45 bits per heavy atom. The minimum atomic E-state index is -3.48. The Balaban J connectivity index is 1.51. The van der Waals surface area contributed by atoms with Crippen molar-refractivity contribution in [3.63, 3.8) is 0 Å². The fraction of sp³-hybridized carbons (Fsp3) is 0.714. The molecule has 0 saturated carbocycles. The van der Waals surface area contributed by atoms with Crippen LogP contribution in [0.4, 0.5) is 0 Å². The number of ether oxygens (including phenoxy) is 1. The van der Waals surface area contributed by atoms with Crippen LogP contribution in [0.5, 0.6) is 0 Å². The molecule has 0 radical (unpaired) electrons. The molecule has 1 aromatic carbocycles. The normalized spacial score (nSPS) is 21.9. The number of rotatable bonds is 6. The van der Waals surface area contributed by atoms with Crippen LogP contribution in [0, 0.1) is 0 Å². The minimum Gasteiger partial charge on any atom is -0.390 e. The van der Waals surface area contributed by atoms with Crippen molar-refractivity contribution >= 4 is 10.0 Å². The Morgan fingerprint density at radius 1 is 0.931 bits per heavy atom. The zero-order chi connectivity index (χ0) is 21.1. The van der Waals surface area contributed by atoms with E-state index in [2.05, 4.69) is 30.6 Å². The van der Waals surface area contributed by atoms with Crippen molar-refractivity contribution in [2.24, 2.45) is 0 Å². The Kier molecular flexibility index (Phi) is 7.35. The fourth-order valence-electron chi connectivity index (χ4n) is 3.87. The van der Waals surface area contributed by atoms with Gasteiger partial charge in [0.15, 0.2) is 0 Å². The van der Waals surface area contributed by atoms with Gasteiger partial charge in [-0.15, -0.1) is 0 Å². The zero-order valence-electron chi connectivity index (χ0n) is 17.9. The van der Waals surface area contributed by atoms with E-state index in [-0.39, 0.29) is 5.41 Å². The van der Waals surface area contributed by atoms with Gasteiger partial charge in [0.1, 0.15) is 0 Å². The molecule has 7 nitrogen and oxygen atoms in total. The number of hydrogen-bond acceptors (Lipinski definition) is 6. The first-order chi connectivity index (χ1) is 13.7. The minimum absolute atomic E-state index is 0.00399. The second-order valence-corrected chi connectivity index (χ2v) is 11.0. The number of piperazine rings is 1. The molecule has 2 heterocycles. The van der Waals surface area contributed by atoms with Crippen molar-refractivity contribution in [2.45, 2.75) is 37.2 Å². The van der Waals surface area contributed by atoms with Gasteiger partial charge in [-0.2, -0.15) is 4.31 Å². The molecule has 0 spiro atoms. The molecule has 2 aliphatic heterocycles. The monoisotopic (exact) mass is 425 g/mol. The highest BCUT2D eigenvalue weighted by atomic mass is 32.2. The molecule has 2 fully saturated rings. The molecular formula is C21H35N3O4S. The molecule has 3 rings (SSSR count). The van der Waals surface area contributed by atoms with E-state index in [4.69, 9.17) is 4.74 Å². The molecule has 0 aliphatic carbocycles. The van der Waals surface area contributed by atoms with Crippen LogP contribution >= 0.6 is 0 Å². The van der Waals surface area contributed by atoms with Crippen LogP contribution in [0.3, 0.4) is 0 Å². The molecule has 29 heavy (non-hydrogen) atoms. The van der Waals surface area contributed by atoms with Crippen LogP contribution < -0.4 is 0 Å². The largest absolute Gasteiger partial charge is 0.390 e. The van der Waals surface area contributed by atoms with Crippen molar-refractivity contribution in [3.8, 4) is 0 Å². The van der Waals surface area contributed by atoms with E-state index < -0.39 is 16.1 Å². The average Bonchev–Trinajstić information content (AvgIpc) is 2.68. The Labute approximate surface area is 175 Å². The maximum Gasteiger partial charge on any atom is 0.243 e. The second-order valence-electron chi connectivity index (χ2n) is 9.05. The van der Waals surface area contributed by atoms with Crippen molar-refractivity contribution in [1.29, 1.82) is 0 Å². The van der Waals surface area contributed by atoms with E-state index in [9.17, 15) is 13.5 Å². The highest BCUT2D eigenvalue weighted by Gasteiger charge is 2.29. The maximum atomic E-state index is 13.0. The lowest BCUT2D eigenvalue weighted by Crippen LogP contribution is -2.52. The number of morpholine rings is 1. The summed E-state index contributed by atoms with van der Waals surface area (Å²) in [6.07, 6.45) is -0.429. The topological polar surface area (TPSA) is 73.3 Å². The van der Waals surface area contributed by atoms with E-state index in [1.165, 1.54) is 0 Å². The fourth-order valence-corrected chi connectivity index (χ4v) is 5.29. The van der Waals surface area contributed by atoms with Gasteiger partial charge in [-0.3, -0.25) is 9.80 Å². The SMILES string of the molecule is CC(C)(C)c1ccc(S(=O)(=O)N2CCN(C[C@H](O)CN3CCOCC3)CC2)cc1. The summed E-state index contributed by atoms with van der Waals surface area (Å²) in [5, 5.41) is 10.4. The number of nitrogens with zero attached hydrogens (tertiary/aromatic N) is 3. The molecule has 8 heteroatoms. The number of sulfonamides is 1. The molecule has 2 aliphatic rings. The highest BCUT2D eigenvalue weighted by Crippen LogP contribution is 2.25. The molecule has 1 aromatic rings. The van der Waals surface area contributed by atoms with Crippen LogP contribution in [-0.2, 0) is 20.2 Å².